The molecule has 5 heteroatoms. The second-order valence-electron chi connectivity index (χ2n) is 4.91. The summed E-state index contributed by atoms with van der Waals surface area (Å²) >= 11 is 0. The zero-order chi connectivity index (χ0) is 15.6. The Kier molecular flexibility index (Phi) is 4.14. The number of aryl methyl sites for hydroxylation is 2. The van der Waals surface area contributed by atoms with Crippen LogP contribution in [0, 0.1) is 13.8 Å². The summed E-state index contributed by atoms with van der Waals surface area (Å²) in [6.45, 7) is 5.04. The predicted molar refractivity (Wildman–Crippen MR) is 80.2 cm³/mol. The van der Waals surface area contributed by atoms with Crippen LogP contribution in [0.3, 0.4) is 0 Å². The van der Waals surface area contributed by atoms with Crippen LogP contribution in [-0.2, 0) is 10.1 Å². The summed E-state index contributed by atoms with van der Waals surface area (Å²) in [5.74, 6) is -0.188. The van der Waals surface area contributed by atoms with Crippen molar-refractivity contribution in [1.82, 2.24) is 0 Å². The fourth-order valence-electron chi connectivity index (χ4n) is 1.86. The van der Waals surface area contributed by atoms with Crippen LogP contribution in [0.15, 0.2) is 47.4 Å². The Hall–Kier alpha value is -2.14. The van der Waals surface area contributed by atoms with E-state index in [0.29, 0.717) is 0 Å². The largest absolute Gasteiger partial charge is 0.378 e. The molecule has 0 spiro atoms. The SMILES string of the molecule is CC(=O)c1ccc(C)cc1OS(=O)(=O)c1ccc(C)cc1. The van der Waals surface area contributed by atoms with Gasteiger partial charge in [-0.25, -0.2) is 0 Å². The summed E-state index contributed by atoms with van der Waals surface area (Å²) in [7, 11) is -3.96. The summed E-state index contributed by atoms with van der Waals surface area (Å²) in [5, 5.41) is 0. The fraction of sp³-hybridized carbons (Fsp3) is 0.188. The lowest BCUT2D eigenvalue weighted by atomic mass is 10.1. The van der Waals surface area contributed by atoms with Crippen LogP contribution in [0.1, 0.15) is 28.4 Å². The number of hydrogen-bond donors (Lipinski definition) is 0. The normalized spacial score (nSPS) is 11.2. The van der Waals surface area contributed by atoms with Crippen molar-refractivity contribution in [1.29, 1.82) is 0 Å². The second kappa shape index (κ2) is 5.69. The van der Waals surface area contributed by atoms with Gasteiger partial charge in [0.15, 0.2) is 11.5 Å². The van der Waals surface area contributed by atoms with Gasteiger partial charge in [-0.05, 0) is 50.6 Å². The van der Waals surface area contributed by atoms with Gasteiger partial charge in [0.2, 0.25) is 0 Å². The Morgan fingerprint density at radius 3 is 2.10 bits per heavy atom. The van der Waals surface area contributed by atoms with Gasteiger partial charge in [-0.15, -0.1) is 0 Å². The standard InChI is InChI=1S/C16H16O4S/c1-11-4-7-14(8-5-11)21(18,19)20-16-10-12(2)6-9-15(16)13(3)17/h4-10H,1-3H3. The third kappa shape index (κ3) is 3.49. The Morgan fingerprint density at radius 1 is 0.952 bits per heavy atom. The molecule has 21 heavy (non-hydrogen) atoms. The Bertz CT molecular complexity index is 774. The molecule has 0 radical (unpaired) electrons. The lowest BCUT2D eigenvalue weighted by molar-refractivity contribution is 0.101. The maximum atomic E-state index is 12.3. The number of carbonyl (C=O) groups is 1. The van der Waals surface area contributed by atoms with E-state index in [1.165, 1.54) is 19.1 Å². The zero-order valence-corrected chi connectivity index (χ0v) is 12.9. The molecule has 0 unspecified atom stereocenters. The molecule has 0 amide bonds. The van der Waals surface area contributed by atoms with Gasteiger partial charge in [-0.2, -0.15) is 8.42 Å². The summed E-state index contributed by atoms with van der Waals surface area (Å²) in [6.07, 6.45) is 0. The highest BCUT2D eigenvalue weighted by Gasteiger charge is 2.19. The van der Waals surface area contributed by atoms with E-state index < -0.39 is 10.1 Å². The Labute approximate surface area is 124 Å². The molecule has 0 bridgehead atoms. The Morgan fingerprint density at radius 2 is 1.52 bits per heavy atom. The van der Waals surface area contributed by atoms with Crippen molar-refractivity contribution >= 4 is 15.9 Å². The van der Waals surface area contributed by atoms with E-state index in [4.69, 9.17) is 4.18 Å². The summed E-state index contributed by atoms with van der Waals surface area (Å²) in [6, 6.07) is 11.2. The molecule has 0 aliphatic carbocycles. The first-order valence-electron chi connectivity index (χ1n) is 6.42. The summed E-state index contributed by atoms with van der Waals surface area (Å²) in [4.78, 5) is 11.6. The van der Waals surface area contributed by atoms with Crippen molar-refractivity contribution in [3.63, 3.8) is 0 Å². The molecule has 110 valence electrons. The summed E-state index contributed by atoms with van der Waals surface area (Å²) in [5.41, 5.74) is 2.01. The van der Waals surface area contributed by atoms with Crippen molar-refractivity contribution in [2.45, 2.75) is 25.7 Å². The van der Waals surface area contributed by atoms with E-state index >= 15 is 0 Å². The van der Waals surface area contributed by atoms with Gasteiger partial charge < -0.3 is 4.18 Å². The molecule has 0 aromatic heterocycles. The van der Waals surface area contributed by atoms with Crippen molar-refractivity contribution in [3.8, 4) is 5.75 Å². The van der Waals surface area contributed by atoms with Crippen molar-refractivity contribution in [3.05, 3.63) is 59.2 Å². The van der Waals surface area contributed by atoms with Gasteiger partial charge in [0.1, 0.15) is 4.90 Å². The minimum atomic E-state index is -3.96. The van der Waals surface area contributed by atoms with Crippen LogP contribution in [0.5, 0.6) is 5.75 Å². The maximum absolute atomic E-state index is 12.3. The van der Waals surface area contributed by atoms with Gasteiger partial charge in [-0.3, -0.25) is 4.79 Å². The molecule has 0 aliphatic heterocycles. The average Bonchev–Trinajstić information content (AvgIpc) is 2.38. The molecule has 0 heterocycles. The number of Topliss-reactive ketones (excluding diaryl/α,β-unsaturated/α-hetero) is 1. The first-order chi connectivity index (χ1) is 9.79. The molecule has 2 aromatic rings. The second-order valence-corrected chi connectivity index (χ2v) is 6.45. The van der Waals surface area contributed by atoms with Crippen molar-refractivity contribution in [2.75, 3.05) is 0 Å². The predicted octanol–water partition coefficient (Wildman–Crippen LogP) is 3.27. The number of carbonyl (C=O) groups excluding carboxylic acids is 1. The first kappa shape index (κ1) is 15.3. The van der Waals surface area contributed by atoms with Crippen molar-refractivity contribution in [2.24, 2.45) is 0 Å². The van der Waals surface area contributed by atoms with Gasteiger partial charge in [-0.1, -0.05) is 23.8 Å². The van der Waals surface area contributed by atoms with E-state index in [2.05, 4.69) is 0 Å². The molecular weight excluding hydrogens is 288 g/mol. The first-order valence-corrected chi connectivity index (χ1v) is 7.83. The Balaban J connectivity index is 2.43. The highest BCUT2D eigenvalue weighted by atomic mass is 32.2. The summed E-state index contributed by atoms with van der Waals surface area (Å²) < 4.78 is 29.7. The van der Waals surface area contributed by atoms with Gasteiger partial charge in [0, 0.05) is 0 Å². The quantitative estimate of drug-likeness (QED) is 0.642. The molecule has 2 aromatic carbocycles. The minimum Gasteiger partial charge on any atom is -0.378 e. The van der Waals surface area contributed by atoms with Crippen LogP contribution >= 0.6 is 0 Å². The monoisotopic (exact) mass is 304 g/mol. The molecule has 0 N–H and O–H groups in total. The maximum Gasteiger partial charge on any atom is 0.339 e. The van der Waals surface area contributed by atoms with Crippen LogP contribution in [0.2, 0.25) is 0 Å². The molecular formula is C16H16O4S. The smallest absolute Gasteiger partial charge is 0.339 e. The third-order valence-electron chi connectivity index (χ3n) is 3.03. The van der Waals surface area contributed by atoms with E-state index in [1.807, 2.05) is 6.92 Å². The molecule has 2 rings (SSSR count). The van der Waals surface area contributed by atoms with Crippen LogP contribution in [0.25, 0.3) is 0 Å². The minimum absolute atomic E-state index is 0.0584. The molecule has 0 saturated heterocycles. The number of ketones is 1. The zero-order valence-electron chi connectivity index (χ0n) is 12.1. The van der Waals surface area contributed by atoms with E-state index in [9.17, 15) is 13.2 Å². The fourth-order valence-corrected chi connectivity index (χ4v) is 2.80. The van der Waals surface area contributed by atoms with Crippen LogP contribution in [0.4, 0.5) is 0 Å². The van der Waals surface area contributed by atoms with Gasteiger partial charge >= 0.3 is 10.1 Å². The highest BCUT2D eigenvalue weighted by molar-refractivity contribution is 7.87. The van der Waals surface area contributed by atoms with E-state index in [-0.39, 0.29) is 22.0 Å². The van der Waals surface area contributed by atoms with E-state index in [1.54, 1.807) is 37.3 Å². The average molecular weight is 304 g/mol. The highest BCUT2D eigenvalue weighted by Crippen LogP contribution is 2.25. The molecule has 0 aliphatic rings. The van der Waals surface area contributed by atoms with E-state index in [0.717, 1.165) is 11.1 Å². The van der Waals surface area contributed by atoms with Crippen molar-refractivity contribution < 1.29 is 17.4 Å². The molecule has 4 nitrogen and oxygen atoms in total. The lowest BCUT2D eigenvalue weighted by Crippen LogP contribution is -2.12. The number of rotatable bonds is 4. The molecule has 0 saturated carbocycles. The van der Waals surface area contributed by atoms with Gasteiger partial charge in [0.25, 0.3) is 0 Å². The third-order valence-corrected chi connectivity index (χ3v) is 4.27. The van der Waals surface area contributed by atoms with Gasteiger partial charge in [0.05, 0.1) is 5.56 Å². The lowest BCUT2D eigenvalue weighted by Gasteiger charge is -2.11. The molecule has 0 fully saturated rings. The number of hydrogen-bond acceptors (Lipinski definition) is 4. The number of benzene rings is 2. The molecule has 0 atom stereocenters. The topological polar surface area (TPSA) is 60.4 Å². The van der Waals surface area contributed by atoms with Crippen LogP contribution < -0.4 is 4.18 Å². The van der Waals surface area contributed by atoms with Crippen LogP contribution in [-0.4, -0.2) is 14.2 Å².